The zero-order valence-electron chi connectivity index (χ0n) is 16.8. The minimum absolute atomic E-state index is 0.269. The van der Waals surface area contributed by atoms with Crippen LogP contribution in [-0.2, 0) is 27.4 Å². The Morgan fingerprint density at radius 1 is 1.21 bits per heavy atom. The van der Waals surface area contributed by atoms with Gasteiger partial charge in [-0.1, -0.05) is 29.4 Å². The van der Waals surface area contributed by atoms with E-state index in [4.69, 9.17) is 4.42 Å². The van der Waals surface area contributed by atoms with E-state index in [1.165, 1.54) is 0 Å². The maximum absolute atomic E-state index is 13.1. The lowest BCUT2D eigenvalue weighted by Gasteiger charge is -2.17. The number of alkyl halides is 3. The maximum atomic E-state index is 13.1. The summed E-state index contributed by atoms with van der Waals surface area (Å²) in [7, 11) is -4.46. The average molecular weight is 482 g/mol. The van der Waals surface area contributed by atoms with Crippen molar-refractivity contribution in [2.24, 2.45) is 5.92 Å². The van der Waals surface area contributed by atoms with Gasteiger partial charge in [-0.15, -0.1) is 0 Å². The number of benzene rings is 1. The molecule has 2 aromatic heterocycles. The number of aromatic nitrogens is 1. The second-order valence-corrected chi connectivity index (χ2v) is 9.76. The molecule has 8 nitrogen and oxygen atoms in total. The van der Waals surface area contributed by atoms with Gasteiger partial charge in [0.1, 0.15) is 11.2 Å². The van der Waals surface area contributed by atoms with Gasteiger partial charge in [-0.05, 0) is 48.4 Å². The third-order valence-corrected chi connectivity index (χ3v) is 7.62. The van der Waals surface area contributed by atoms with Crippen LogP contribution >= 0.6 is 0 Å². The van der Waals surface area contributed by atoms with E-state index in [9.17, 15) is 31.5 Å². The molecule has 3 aromatic rings. The van der Waals surface area contributed by atoms with Crippen molar-refractivity contribution < 1.29 is 40.4 Å². The highest BCUT2D eigenvalue weighted by atomic mass is 32.2. The molecule has 3 unspecified atom stereocenters. The van der Waals surface area contributed by atoms with Gasteiger partial charge in [-0.2, -0.15) is 17.9 Å². The van der Waals surface area contributed by atoms with Gasteiger partial charge in [0.2, 0.25) is 10.9 Å². The number of rotatable bonds is 5. The molecule has 2 aliphatic carbocycles. The standard InChI is InChI=1S/C21H17F3N2O6S/c22-21(23,24)16-10-14(25-32-16)15-8-9-17(31-15)33(29,30)26-20(19(27)28)13-7-3-5-11-4-1-2-6-12(11)18(13)20/h1-2,4,6,8-10,13,18,26H,3,5,7H2,(H,27,28). The van der Waals surface area contributed by atoms with E-state index in [0.717, 1.165) is 29.7 Å². The highest BCUT2D eigenvalue weighted by Gasteiger charge is 2.72. The summed E-state index contributed by atoms with van der Waals surface area (Å²) in [6.45, 7) is 0. The van der Waals surface area contributed by atoms with Crippen molar-refractivity contribution in [1.82, 2.24) is 9.88 Å². The smallest absolute Gasteiger partial charge is 0.452 e. The molecule has 1 fully saturated rings. The molecule has 0 saturated heterocycles. The van der Waals surface area contributed by atoms with E-state index in [-0.39, 0.29) is 11.5 Å². The van der Waals surface area contributed by atoms with Crippen LogP contribution in [0, 0.1) is 5.92 Å². The predicted molar refractivity (Wildman–Crippen MR) is 106 cm³/mol. The van der Waals surface area contributed by atoms with E-state index in [1.54, 1.807) is 6.07 Å². The van der Waals surface area contributed by atoms with Crippen molar-refractivity contribution in [3.8, 4) is 11.5 Å². The lowest BCUT2D eigenvalue weighted by molar-refractivity contribution is -0.155. The molecular formula is C21H17F3N2O6S. The number of carboxylic acid groups (broad SMARTS) is 1. The molecule has 33 heavy (non-hydrogen) atoms. The summed E-state index contributed by atoms with van der Waals surface area (Å²) < 4.78 is 76.1. The van der Waals surface area contributed by atoms with Gasteiger partial charge in [0.25, 0.3) is 10.0 Å². The van der Waals surface area contributed by atoms with E-state index in [2.05, 4.69) is 14.4 Å². The fraction of sp³-hybridized carbons (Fsp3) is 0.333. The SMILES string of the molecule is O=C(O)C1(NS(=O)(=O)c2ccc(-c3cc(C(F)(F)F)on3)o2)C2CCCc3ccccc3C21. The molecule has 5 rings (SSSR count). The quantitative estimate of drug-likeness (QED) is 0.567. The Labute approximate surface area is 185 Å². The van der Waals surface area contributed by atoms with E-state index in [0.29, 0.717) is 18.9 Å². The molecule has 174 valence electrons. The Morgan fingerprint density at radius 2 is 1.97 bits per heavy atom. The van der Waals surface area contributed by atoms with Crippen LogP contribution in [0.4, 0.5) is 13.2 Å². The number of carboxylic acids is 1. The van der Waals surface area contributed by atoms with Crippen LogP contribution in [-0.4, -0.2) is 30.2 Å². The number of hydrogen-bond acceptors (Lipinski definition) is 6. The highest BCUT2D eigenvalue weighted by Crippen LogP contribution is 2.62. The topological polar surface area (TPSA) is 123 Å². The molecule has 0 radical (unpaired) electrons. The first-order valence-corrected chi connectivity index (χ1v) is 11.5. The van der Waals surface area contributed by atoms with Crippen molar-refractivity contribution in [1.29, 1.82) is 0 Å². The summed E-state index contributed by atoms with van der Waals surface area (Å²) in [5.74, 6) is -3.90. The summed E-state index contributed by atoms with van der Waals surface area (Å²) in [6.07, 6.45) is -2.74. The fourth-order valence-electron chi connectivity index (χ4n) is 4.77. The summed E-state index contributed by atoms with van der Waals surface area (Å²) in [5, 5.41) is 12.7. The van der Waals surface area contributed by atoms with Crippen LogP contribution in [0.5, 0.6) is 0 Å². The number of sulfonamides is 1. The first kappa shape index (κ1) is 21.7. The van der Waals surface area contributed by atoms with Gasteiger partial charge < -0.3 is 14.0 Å². The summed E-state index contributed by atoms with van der Waals surface area (Å²) in [6, 6.07) is 10.1. The molecule has 12 heteroatoms. The highest BCUT2D eigenvalue weighted by molar-refractivity contribution is 7.89. The van der Waals surface area contributed by atoms with Crippen LogP contribution in [0.1, 0.15) is 35.6 Å². The van der Waals surface area contributed by atoms with Crippen LogP contribution in [0.3, 0.4) is 0 Å². The Balaban J connectivity index is 1.46. The zero-order valence-corrected chi connectivity index (χ0v) is 17.6. The molecular weight excluding hydrogens is 465 g/mol. The average Bonchev–Trinajstić information content (AvgIpc) is 3.09. The zero-order chi connectivity index (χ0) is 23.6. The number of fused-ring (bicyclic) bond motifs is 3. The van der Waals surface area contributed by atoms with E-state index in [1.807, 2.05) is 18.2 Å². The molecule has 0 amide bonds. The lowest BCUT2D eigenvalue weighted by atomic mass is 9.97. The number of halogens is 3. The van der Waals surface area contributed by atoms with Crippen molar-refractivity contribution in [2.75, 3.05) is 0 Å². The van der Waals surface area contributed by atoms with Crippen molar-refractivity contribution >= 4 is 16.0 Å². The van der Waals surface area contributed by atoms with Crippen molar-refractivity contribution in [2.45, 2.75) is 42.0 Å². The van der Waals surface area contributed by atoms with Crippen molar-refractivity contribution in [3.05, 3.63) is 59.4 Å². The first-order chi connectivity index (χ1) is 15.5. The van der Waals surface area contributed by atoms with Gasteiger partial charge in [-0.25, -0.2) is 8.42 Å². The minimum atomic E-state index is -4.76. The van der Waals surface area contributed by atoms with E-state index >= 15 is 0 Å². The second kappa shape index (κ2) is 7.19. The maximum Gasteiger partial charge on any atom is 0.452 e. The first-order valence-electron chi connectivity index (χ1n) is 10.0. The van der Waals surface area contributed by atoms with Gasteiger partial charge in [0.15, 0.2) is 5.76 Å². The number of carbonyl (C=O) groups is 1. The van der Waals surface area contributed by atoms with Crippen LogP contribution in [0.25, 0.3) is 11.5 Å². The van der Waals surface area contributed by atoms with E-state index < -0.39 is 50.4 Å². The van der Waals surface area contributed by atoms with Crippen LogP contribution in [0.15, 0.2) is 56.5 Å². The molecule has 0 aliphatic heterocycles. The van der Waals surface area contributed by atoms with Crippen LogP contribution in [0.2, 0.25) is 0 Å². The molecule has 0 bridgehead atoms. The number of aliphatic carboxylic acids is 1. The van der Waals surface area contributed by atoms with Gasteiger partial charge in [0, 0.05) is 12.0 Å². The van der Waals surface area contributed by atoms with Gasteiger partial charge >= 0.3 is 12.1 Å². The minimum Gasteiger partial charge on any atom is -0.480 e. The molecule has 2 heterocycles. The Kier molecular flexibility index (Phi) is 4.73. The van der Waals surface area contributed by atoms with Crippen molar-refractivity contribution in [3.63, 3.8) is 0 Å². The number of furan rings is 1. The van der Waals surface area contributed by atoms with Gasteiger partial charge in [0.05, 0.1) is 0 Å². The summed E-state index contributed by atoms with van der Waals surface area (Å²) >= 11 is 0. The van der Waals surface area contributed by atoms with Crippen LogP contribution < -0.4 is 4.72 Å². The molecule has 2 aliphatic rings. The summed E-state index contributed by atoms with van der Waals surface area (Å²) in [5.41, 5.74) is -0.298. The molecule has 3 atom stereocenters. The normalized spacial score (nSPS) is 24.6. The monoisotopic (exact) mass is 482 g/mol. The Bertz CT molecular complexity index is 1350. The third kappa shape index (κ3) is 3.44. The Hall–Kier alpha value is -3.12. The summed E-state index contributed by atoms with van der Waals surface area (Å²) in [4.78, 5) is 12.3. The number of hydrogen-bond donors (Lipinski definition) is 2. The predicted octanol–water partition coefficient (Wildman–Crippen LogP) is 3.81. The number of nitrogens with zero attached hydrogens (tertiary/aromatic N) is 1. The number of nitrogens with one attached hydrogen (secondary N) is 1. The fourth-order valence-corrected chi connectivity index (χ4v) is 6.13. The molecule has 2 N–H and O–H groups in total. The number of aryl methyl sites for hydroxylation is 1. The third-order valence-electron chi connectivity index (χ3n) is 6.27. The van der Waals surface area contributed by atoms with Gasteiger partial charge in [-0.3, -0.25) is 4.79 Å². The Morgan fingerprint density at radius 3 is 2.67 bits per heavy atom. The lowest BCUT2D eigenvalue weighted by Crippen LogP contribution is -2.46. The molecule has 0 spiro atoms. The largest absolute Gasteiger partial charge is 0.480 e. The molecule has 1 saturated carbocycles. The molecule has 1 aromatic carbocycles. The second-order valence-electron chi connectivity index (χ2n) is 8.15.